The number of morpholine rings is 1. The van der Waals surface area contributed by atoms with Crippen molar-refractivity contribution >= 4 is 12.0 Å². The van der Waals surface area contributed by atoms with Crippen LogP contribution < -0.4 is 5.43 Å². The number of hydrogen-bond donors (Lipinski definition) is 1. The van der Waals surface area contributed by atoms with Crippen LogP contribution >= 0.6 is 0 Å². The smallest absolute Gasteiger partial charge is 0.429 e. The SMILES string of the molecule is C[C@@H]1CN(C[C@@H]2CN(NC(=O)c3ccccc3)C(=O)O2)C[C@@H](C)O1. The normalized spacial score (nSPS) is 27.8. The molecular formula is C17H23N3O4. The van der Waals surface area contributed by atoms with Crippen LogP contribution in [-0.4, -0.2) is 66.4 Å². The zero-order valence-corrected chi connectivity index (χ0v) is 14.0. The Morgan fingerprint density at radius 2 is 1.83 bits per heavy atom. The summed E-state index contributed by atoms with van der Waals surface area (Å²) in [5.74, 6) is -0.318. The topological polar surface area (TPSA) is 71.1 Å². The third-order valence-corrected chi connectivity index (χ3v) is 4.10. The van der Waals surface area contributed by atoms with Crippen LogP contribution in [-0.2, 0) is 9.47 Å². The number of nitrogens with zero attached hydrogens (tertiary/aromatic N) is 2. The Labute approximate surface area is 141 Å². The van der Waals surface area contributed by atoms with Gasteiger partial charge in [0.25, 0.3) is 5.91 Å². The van der Waals surface area contributed by atoms with E-state index in [9.17, 15) is 9.59 Å². The zero-order valence-electron chi connectivity index (χ0n) is 14.0. The summed E-state index contributed by atoms with van der Waals surface area (Å²) >= 11 is 0. The molecule has 2 amide bonds. The number of cyclic esters (lactones) is 1. The summed E-state index contributed by atoms with van der Waals surface area (Å²) in [4.78, 5) is 26.3. The van der Waals surface area contributed by atoms with Gasteiger partial charge in [0.2, 0.25) is 0 Å². The van der Waals surface area contributed by atoms with Crippen molar-refractivity contribution in [3.63, 3.8) is 0 Å². The van der Waals surface area contributed by atoms with E-state index in [0.717, 1.165) is 13.1 Å². The minimum Gasteiger partial charge on any atom is -0.442 e. The van der Waals surface area contributed by atoms with E-state index in [-0.39, 0.29) is 24.2 Å². The molecule has 1 aromatic carbocycles. The van der Waals surface area contributed by atoms with Crippen LogP contribution in [0.15, 0.2) is 30.3 Å². The highest BCUT2D eigenvalue weighted by Crippen LogP contribution is 2.15. The molecule has 3 rings (SSSR count). The first-order valence-corrected chi connectivity index (χ1v) is 8.23. The summed E-state index contributed by atoms with van der Waals surface area (Å²) < 4.78 is 11.1. The van der Waals surface area contributed by atoms with Crippen molar-refractivity contribution < 1.29 is 19.1 Å². The Kier molecular flexibility index (Phi) is 5.01. The third-order valence-electron chi connectivity index (χ3n) is 4.10. The van der Waals surface area contributed by atoms with E-state index in [4.69, 9.17) is 9.47 Å². The highest BCUT2D eigenvalue weighted by atomic mass is 16.6. The second-order valence-electron chi connectivity index (χ2n) is 6.40. The fourth-order valence-corrected chi connectivity index (χ4v) is 3.21. The molecule has 0 spiro atoms. The van der Waals surface area contributed by atoms with Gasteiger partial charge in [0.1, 0.15) is 6.10 Å². The Hall–Kier alpha value is -2.12. The maximum atomic E-state index is 12.1. The van der Waals surface area contributed by atoms with E-state index in [2.05, 4.69) is 10.3 Å². The molecule has 2 saturated heterocycles. The van der Waals surface area contributed by atoms with Crippen molar-refractivity contribution in [3.8, 4) is 0 Å². The zero-order chi connectivity index (χ0) is 17.1. The molecule has 2 fully saturated rings. The van der Waals surface area contributed by atoms with E-state index in [1.54, 1.807) is 24.3 Å². The van der Waals surface area contributed by atoms with E-state index in [1.165, 1.54) is 5.01 Å². The number of ether oxygens (including phenoxy) is 2. The van der Waals surface area contributed by atoms with E-state index >= 15 is 0 Å². The van der Waals surface area contributed by atoms with Gasteiger partial charge in [-0.2, -0.15) is 0 Å². The molecule has 24 heavy (non-hydrogen) atoms. The van der Waals surface area contributed by atoms with Crippen LogP contribution in [0.25, 0.3) is 0 Å². The predicted octanol–water partition coefficient (Wildman–Crippen LogP) is 1.26. The molecule has 0 unspecified atom stereocenters. The van der Waals surface area contributed by atoms with Crippen LogP contribution in [0.4, 0.5) is 4.79 Å². The highest BCUT2D eigenvalue weighted by Gasteiger charge is 2.35. The molecule has 2 heterocycles. The quantitative estimate of drug-likeness (QED) is 0.898. The van der Waals surface area contributed by atoms with Gasteiger partial charge < -0.3 is 9.47 Å². The number of rotatable bonds is 4. The first kappa shape index (κ1) is 16.7. The average molecular weight is 333 g/mol. The molecule has 130 valence electrons. The third kappa shape index (κ3) is 4.04. The Balaban J connectivity index is 1.53. The van der Waals surface area contributed by atoms with Gasteiger partial charge in [0.05, 0.1) is 18.8 Å². The van der Waals surface area contributed by atoms with Gasteiger partial charge in [-0.15, -0.1) is 0 Å². The van der Waals surface area contributed by atoms with Crippen LogP contribution in [0, 0.1) is 0 Å². The van der Waals surface area contributed by atoms with Crippen molar-refractivity contribution in [1.29, 1.82) is 0 Å². The highest BCUT2D eigenvalue weighted by molar-refractivity contribution is 5.95. The molecule has 0 radical (unpaired) electrons. The van der Waals surface area contributed by atoms with E-state index in [1.807, 2.05) is 19.9 Å². The van der Waals surface area contributed by atoms with Crippen LogP contribution in [0.1, 0.15) is 24.2 Å². The maximum Gasteiger partial charge on any atom is 0.429 e. The summed E-state index contributed by atoms with van der Waals surface area (Å²) in [6, 6.07) is 8.79. The Morgan fingerprint density at radius 1 is 1.17 bits per heavy atom. The van der Waals surface area contributed by atoms with Crippen molar-refractivity contribution in [1.82, 2.24) is 15.3 Å². The number of hydrazine groups is 1. The van der Waals surface area contributed by atoms with Crippen LogP contribution in [0.3, 0.4) is 0 Å². The van der Waals surface area contributed by atoms with Gasteiger partial charge in [-0.3, -0.25) is 15.1 Å². The van der Waals surface area contributed by atoms with Gasteiger partial charge in [0.15, 0.2) is 0 Å². The number of carbonyl (C=O) groups is 2. The number of carbonyl (C=O) groups excluding carboxylic acids is 2. The summed E-state index contributed by atoms with van der Waals surface area (Å²) in [5, 5.41) is 1.24. The van der Waals surface area contributed by atoms with Crippen molar-refractivity contribution in [3.05, 3.63) is 35.9 Å². The second-order valence-corrected chi connectivity index (χ2v) is 6.40. The molecule has 1 N–H and O–H groups in total. The number of hydrogen-bond acceptors (Lipinski definition) is 5. The fraction of sp³-hybridized carbons (Fsp3) is 0.529. The summed E-state index contributed by atoms with van der Waals surface area (Å²) in [6.07, 6.45) is -0.441. The molecule has 7 nitrogen and oxygen atoms in total. The molecule has 0 aromatic heterocycles. The lowest BCUT2D eigenvalue weighted by Gasteiger charge is -2.36. The standard InChI is InChI=1S/C17H23N3O4/c1-12-8-19(9-13(2)23-12)10-15-11-20(17(22)24-15)18-16(21)14-6-4-3-5-7-14/h3-7,12-13,15H,8-11H2,1-2H3,(H,18,21)/t12-,13-,15-/m1/s1. The summed E-state index contributed by atoms with van der Waals surface area (Å²) in [7, 11) is 0. The molecule has 0 aliphatic carbocycles. The van der Waals surface area contributed by atoms with Crippen molar-refractivity contribution in [2.24, 2.45) is 0 Å². The summed E-state index contributed by atoms with van der Waals surface area (Å²) in [5.41, 5.74) is 3.11. The lowest BCUT2D eigenvalue weighted by molar-refractivity contribution is -0.0746. The fourth-order valence-electron chi connectivity index (χ4n) is 3.21. The molecule has 0 saturated carbocycles. The number of benzene rings is 1. The minimum absolute atomic E-state index is 0.166. The Morgan fingerprint density at radius 3 is 2.50 bits per heavy atom. The van der Waals surface area contributed by atoms with Crippen molar-refractivity contribution in [2.75, 3.05) is 26.2 Å². The molecule has 2 aliphatic rings. The average Bonchev–Trinajstić information content (AvgIpc) is 2.86. The predicted molar refractivity (Wildman–Crippen MR) is 87.3 cm³/mol. The van der Waals surface area contributed by atoms with Gasteiger partial charge >= 0.3 is 6.09 Å². The van der Waals surface area contributed by atoms with Crippen LogP contribution in [0.2, 0.25) is 0 Å². The van der Waals surface area contributed by atoms with Gasteiger partial charge in [-0.1, -0.05) is 18.2 Å². The second kappa shape index (κ2) is 7.19. The molecule has 2 aliphatic heterocycles. The van der Waals surface area contributed by atoms with Crippen LogP contribution in [0.5, 0.6) is 0 Å². The maximum absolute atomic E-state index is 12.1. The monoisotopic (exact) mass is 333 g/mol. The van der Waals surface area contributed by atoms with Crippen molar-refractivity contribution in [2.45, 2.75) is 32.2 Å². The van der Waals surface area contributed by atoms with Gasteiger partial charge in [0, 0.05) is 25.2 Å². The Bertz CT molecular complexity index is 585. The molecule has 0 bridgehead atoms. The number of nitrogens with one attached hydrogen (secondary N) is 1. The van der Waals surface area contributed by atoms with E-state index in [0.29, 0.717) is 18.7 Å². The molecule has 3 atom stereocenters. The van der Waals surface area contributed by atoms with Gasteiger partial charge in [-0.25, -0.2) is 9.80 Å². The van der Waals surface area contributed by atoms with E-state index < -0.39 is 6.09 Å². The first-order chi connectivity index (χ1) is 11.5. The lowest BCUT2D eigenvalue weighted by atomic mass is 10.2. The minimum atomic E-state index is -0.515. The number of amides is 2. The van der Waals surface area contributed by atoms with Gasteiger partial charge in [-0.05, 0) is 26.0 Å². The molecular weight excluding hydrogens is 310 g/mol. The first-order valence-electron chi connectivity index (χ1n) is 8.23. The summed E-state index contributed by atoms with van der Waals surface area (Å²) in [6.45, 7) is 6.69. The largest absolute Gasteiger partial charge is 0.442 e. The molecule has 7 heteroatoms. The lowest BCUT2D eigenvalue weighted by Crippen LogP contribution is -2.49. The molecule has 1 aromatic rings.